The number of methoxy groups -OCH3 is 1. The van der Waals surface area contributed by atoms with Crippen molar-refractivity contribution >= 4 is 23.4 Å². The summed E-state index contributed by atoms with van der Waals surface area (Å²) in [4.78, 5) is 16.7. The van der Waals surface area contributed by atoms with Gasteiger partial charge in [0.25, 0.3) is 0 Å². The average molecular weight is 382 g/mol. The molecule has 0 aliphatic rings. The number of para-hydroxylation sites is 1. The fourth-order valence-electron chi connectivity index (χ4n) is 2.62. The molecule has 0 aliphatic heterocycles. The highest BCUT2D eigenvalue weighted by molar-refractivity contribution is 7.99. The predicted molar refractivity (Wildman–Crippen MR) is 108 cm³/mol. The van der Waals surface area contributed by atoms with Crippen molar-refractivity contribution in [3.8, 4) is 17.1 Å². The maximum absolute atomic E-state index is 12.3. The molecule has 0 radical (unpaired) electrons. The Labute approximate surface area is 162 Å². The molecule has 2 N–H and O–H groups in total. The van der Waals surface area contributed by atoms with Gasteiger partial charge < -0.3 is 10.1 Å². The summed E-state index contributed by atoms with van der Waals surface area (Å²) in [5, 5.41) is 10.6. The molecule has 0 saturated heterocycles. The highest BCUT2D eigenvalue weighted by Crippen LogP contribution is 2.25. The lowest BCUT2D eigenvalue weighted by molar-refractivity contribution is -0.113. The maximum Gasteiger partial charge on any atom is 0.234 e. The minimum atomic E-state index is -0.0797. The van der Waals surface area contributed by atoms with Gasteiger partial charge in [-0.15, -0.1) is 5.10 Å². The van der Waals surface area contributed by atoms with E-state index in [2.05, 4.69) is 34.3 Å². The minimum Gasteiger partial charge on any atom is -0.497 e. The molecule has 3 rings (SSSR count). The number of rotatable bonds is 7. The molecule has 0 spiro atoms. The summed E-state index contributed by atoms with van der Waals surface area (Å²) in [6.07, 6.45) is 0. The second-order valence-electron chi connectivity index (χ2n) is 6.27. The lowest BCUT2D eigenvalue weighted by atomic mass is 10.0. The SMILES string of the molecule is COc1ccc(-c2nc(SCC(=O)Nc3ccccc3C(C)C)n[nH]2)cc1. The monoisotopic (exact) mass is 382 g/mol. The highest BCUT2D eigenvalue weighted by Gasteiger charge is 2.12. The maximum atomic E-state index is 12.3. The van der Waals surface area contributed by atoms with E-state index in [1.165, 1.54) is 11.8 Å². The molecule has 6 nitrogen and oxygen atoms in total. The number of aromatic nitrogens is 3. The van der Waals surface area contributed by atoms with Gasteiger partial charge in [0.1, 0.15) is 5.75 Å². The van der Waals surface area contributed by atoms with Gasteiger partial charge in [0.2, 0.25) is 11.1 Å². The second-order valence-corrected chi connectivity index (χ2v) is 7.22. The molecule has 7 heteroatoms. The van der Waals surface area contributed by atoms with E-state index in [0.29, 0.717) is 16.9 Å². The van der Waals surface area contributed by atoms with Crippen molar-refractivity contribution in [3.05, 3.63) is 54.1 Å². The zero-order chi connectivity index (χ0) is 19.2. The van der Waals surface area contributed by atoms with Crippen LogP contribution in [-0.4, -0.2) is 34.0 Å². The number of anilines is 1. The molecule has 0 atom stereocenters. The Bertz CT molecular complexity index is 906. The first-order valence-corrected chi connectivity index (χ1v) is 9.63. The van der Waals surface area contributed by atoms with Gasteiger partial charge in [0.15, 0.2) is 5.82 Å². The van der Waals surface area contributed by atoms with E-state index in [9.17, 15) is 4.79 Å². The van der Waals surface area contributed by atoms with Crippen LogP contribution in [0.3, 0.4) is 0 Å². The van der Waals surface area contributed by atoms with Crippen LogP contribution in [0.25, 0.3) is 11.4 Å². The fraction of sp³-hybridized carbons (Fsp3) is 0.250. The Morgan fingerprint density at radius 2 is 1.93 bits per heavy atom. The number of H-pyrrole nitrogens is 1. The zero-order valence-corrected chi connectivity index (χ0v) is 16.3. The molecule has 27 heavy (non-hydrogen) atoms. The van der Waals surface area contributed by atoms with Gasteiger partial charge in [-0.05, 0) is 41.8 Å². The normalized spacial score (nSPS) is 10.8. The number of carbonyl (C=O) groups is 1. The summed E-state index contributed by atoms with van der Waals surface area (Å²) in [5.74, 6) is 1.95. The van der Waals surface area contributed by atoms with Gasteiger partial charge >= 0.3 is 0 Å². The summed E-state index contributed by atoms with van der Waals surface area (Å²) in [5.41, 5.74) is 2.88. The number of aromatic amines is 1. The lowest BCUT2D eigenvalue weighted by Gasteiger charge is -2.13. The topological polar surface area (TPSA) is 79.9 Å². The van der Waals surface area contributed by atoms with Crippen LogP contribution < -0.4 is 10.1 Å². The number of carbonyl (C=O) groups excluding carboxylic acids is 1. The van der Waals surface area contributed by atoms with Crippen LogP contribution in [0.2, 0.25) is 0 Å². The third-order valence-corrected chi connectivity index (χ3v) is 4.86. The summed E-state index contributed by atoms with van der Waals surface area (Å²) < 4.78 is 5.15. The summed E-state index contributed by atoms with van der Waals surface area (Å²) >= 11 is 1.29. The van der Waals surface area contributed by atoms with Gasteiger partial charge in [-0.25, -0.2) is 4.98 Å². The Balaban J connectivity index is 1.59. The number of hydrogen-bond acceptors (Lipinski definition) is 5. The van der Waals surface area contributed by atoms with Gasteiger partial charge in [-0.1, -0.05) is 43.8 Å². The van der Waals surface area contributed by atoms with Crippen molar-refractivity contribution in [1.82, 2.24) is 15.2 Å². The number of thioether (sulfide) groups is 1. The average Bonchev–Trinajstić information content (AvgIpc) is 3.16. The Morgan fingerprint density at radius 3 is 2.63 bits per heavy atom. The van der Waals surface area contributed by atoms with E-state index in [-0.39, 0.29) is 11.7 Å². The summed E-state index contributed by atoms with van der Waals surface area (Å²) in [7, 11) is 1.63. The van der Waals surface area contributed by atoms with Crippen LogP contribution >= 0.6 is 11.8 Å². The molecule has 2 aromatic carbocycles. The molecule has 3 aromatic rings. The van der Waals surface area contributed by atoms with Gasteiger partial charge in [0.05, 0.1) is 12.9 Å². The van der Waals surface area contributed by atoms with Crippen LogP contribution in [0.15, 0.2) is 53.7 Å². The van der Waals surface area contributed by atoms with Crippen LogP contribution in [0.5, 0.6) is 5.75 Å². The molecule has 0 unspecified atom stereocenters. The molecule has 1 amide bonds. The number of hydrogen-bond donors (Lipinski definition) is 2. The van der Waals surface area contributed by atoms with E-state index < -0.39 is 0 Å². The quantitative estimate of drug-likeness (QED) is 0.595. The molecule has 1 heterocycles. The first-order chi connectivity index (χ1) is 13.1. The van der Waals surface area contributed by atoms with Crippen molar-refractivity contribution < 1.29 is 9.53 Å². The smallest absolute Gasteiger partial charge is 0.234 e. The van der Waals surface area contributed by atoms with E-state index in [0.717, 1.165) is 22.6 Å². The molecular formula is C20H22N4O2S. The van der Waals surface area contributed by atoms with Crippen molar-refractivity contribution in [1.29, 1.82) is 0 Å². The molecule has 0 bridgehead atoms. The van der Waals surface area contributed by atoms with Crippen molar-refractivity contribution in [2.24, 2.45) is 0 Å². The van der Waals surface area contributed by atoms with Crippen molar-refractivity contribution in [2.75, 3.05) is 18.2 Å². The van der Waals surface area contributed by atoms with Crippen LogP contribution in [-0.2, 0) is 4.79 Å². The van der Waals surface area contributed by atoms with Crippen molar-refractivity contribution in [2.45, 2.75) is 24.9 Å². The number of amides is 1. The third-order valence-electron chi connectivity index (χ3n) is 4.02. The molecule has 0 saturated carbocycles. The van der Waals surface area contributed by atoms with Crippen LogP contribution in [0.4, 0.5) is 5.69 Å². The highest BCUT2D eigenvalue weighted by atomic mass is 32.2. The van der Waals surface area contributed by atoms with Crippen molar-refractivity contribution in [3.63, 3.8) is 0 Å². The standard InChI is InChI=1S/C20H22N4O2S/c1-13(2)16-6-4-5-7-17(16)21-18(25)12-27-20-22-19(23-24-20)14-8-10-15(26-3)11-9-14/h4-11,13H,12H2,1-3H3,(H,21,25)(H,22,23,24). The molecule has 0 fully saturated rings. The number of benzene rings is 2. The third kappa shape index (κ3) is 4.89. The number of ether oxygens (including phenoxy) is 1. The predicted octanol–water partition coefficient (Wildman–Crippen LogP) is 4.33. The first-order valence-electron chi connectivity index (χ1n) is 8.65. The van der Waals surface area contributed by atoms with E-state index >= 15 is 0 Å². The minimum absolute atomic E-state index is 0.0797. The van der Waals surface area contributed by atoms with E-state index in [4.69, 9.17) is 4.74 Å². The number of nitrogens with zero attached hydrogens (tertiary/aromatic N) is 2. The van der Waals surface area contributed by atoms with E-state index in [1.54, 1.807) is 7.11 Å². The van der Waals surface area contributed by atoms with E-state index in [1.807, 2.05) is 48.5 Å². The Hall–Kier alpha value is -2.80. The molecule has 0 aliphatic carbocycles. The lowest BCUT2D eigenvalue weighted by Crippen LogP contribution is -2.15. The molecule has 140 valence electrons. The molecular weight excluding hydrogens is 360 g/mol. The van der Waals surface area contributed by atoms with Gasteiger partial charge in [0, 0.05) is 11.3 Å². The fourth-order valence-corrected chi connectivity index (χ4v) is 3.22. The van der Waals surface area contributed by atoms with Crippen LogP contribution in [0.1, 0.15) is 25.3 Å². The largest absolute Gasteiger partial charge is 0.497 e. The summed E-state index contributed by atoms with van der Waals surface area (Å²) in [6, 6.07) is 15.4. The summed E-state index contributed by atoms with van der Waals surface area (Å²) in [6.45, 7) is 4.21. The Kier molecular flexibility index (Phi) is 6.13. The number of nitrogens with one attached hydrogen (secondary N) is 2. The second kappa shape index (κ2) is 8.73. The van der Waals surface area contributed by atoms with Gasteiger partial charge in [-0.2, -0.15) is 0 Å². The Morgan fingerprint density at radius 1 is 1.19 bits per heavy atom. The molecule has 1 aromatic heterocycles. The van der Waals surface area contributed by atoms with Gasteiger partial charge in [-0.3, -0.25) is 9.89 Å². The first kappa shape index (κ1) is 19.0. The van der Waals surface area contributed by atoms with Crippen LogP contribution in [0, 0.1) is 0 Å². The zero-order valence-electron chi connectivity index (χ0n) is 15.5.